The van der Waals surface area contributed by atoms with Crippen LogP contribution in [0.4, 0.5) is 0 Å². The summed E-state index contributed by atoms with van der Waals surface area (Å²) in [5.74, 6) is -11.5. The van der Waals surface area contributed by atoms with Crippen molar-refractivity contribution in [2.24, 2.45) is 29.6 Å². The summed E-state index contributed by atoms with van der Waals surface area (Å²) in [6.45, 7) is 4.07. The van der Waals surface area contributed by atoms with E-state index in [4.69, 9.17) is 15.9 Å². The number of aliphatic hydroxyl groups excluding tert-OH is 2. The highest BCUT2D eigenvalue weighted by molar-refractivity contribution is 7.98. The number of hydrogen-bond acceptors (Lipinski definition) is 19. The van der Waals surface area contributed by atoms with Crippen molar-refractivity contribution >= 4 is 87.9 Å². The molecule has 26 heteroatoms. The first-order chi connectivity index (χ1) is 44.7. The number of ether oxygens (including phenoxy) is 2. The average Bonchev–Trinajstić information content (AvgIpc) is 0.907. The lowest BCUT2D eigenvalue weighted by Crippen LogP contribution is -2.52. The number of carboxylic acids is 1. The largest absolute Gasteiger partial charge is 0.508 e. The van der Waals surface area contributed by atoms with E-state index >= 15 is 0 Å². The summed E-state index contributed by atoms with van der Waals surface area (Å²) in [6, 6.07) is 14.4. The quantitative estimate of drug-likeness (QED) is 0.0545. The van der Waals surface area contributed by atoms with Crippen LogP contribution in [-0.2, 0) is 78.2 Å². The molecule has 0 bridgehead atoms. The molecule has 0 radical (unpaired) electrons. The summed E-state index contributed by atoms with van der Waals surface area (Å²) in [4.78, 5) is 183. The summed E-state index contributed by atoms with van der Waals surface area (Å²) in [7, 11) is 2.76. The van der Waals surface area contributed by atoms with E-state index in [1.54, 1.807) is 20.1 Å². The van der Waals surface area contributed by atoms with E-state index < -0.39 is 172 Å². The van der Waals surface area contributed by atoms with Crippen LogP contribution in [0, 0.1) is 41.9 Å². The maximum absolute atomic E-state index is 14.3. The Kier molecular flexibility index (Phi) is 39.0. The molecule has 0 saturated heterocycles. The highest BCUT2D eigenvalue weighted by atomic mass is 32.2. The Morgan fingerprint density at radius 2 is 1.07 bits per heavy atom. The van der Waals surface area contributed by atoms with Gasteiger partial charge in [0.25, 0.3) is 0 Å². The molecule has 0 aliphatic rings. The van der Waals surface area contributed by atoms with Crippen molar-refractivity contribution < 1.29 is 92.2 Å². The Labute approximate surface area is 555 Å². The topological polar surface area (TPSA) is 341 Å². The van der Waals surface area contributed by atoms with Crippen molar-refractivity contribution in [3.8, 4) is 18.1 Å². The summed E-state index contributed by atoms with van der Waals surface area (Å²) >= 11 is 1.41. The van der Waals surface area contributed by atoms with Gasteiger partial charge in [-0.25, -0.2) is 0 Å². The molecular formula is C68H96N6O19S. The molecule has 518 valence electrons. The van der Waals surface area contributed by atoms with E-state index in [1.165, 1.54) is 84.9 Å². The number of nitrogens with zero attached hydrogens (tertiary/aromatic N) is 6. The minimum atomic E-state index is -1.40. The number of hydrogen-bond donors (Lipinski definition) is 4. The lowest BCUT2D eigenvalue weighted by Gasteiger charge is -2.32. The molecule has 2 aromatic rings. The van der Waals surface area contributed by atoms with Crippen LogP contribution in [0.5, 0.6) is 5.75 Å². The summed E-state index contributed by atoms with van der Waals surface area (Å²) in [5.41, 5.74) is 1.28. The van der Waals surface area contributed by atoms with Gasteiger partial charge >= 0.3 is 5.97 Å². The second kappa shape index (κ2) is 44.6. The number of amides is 6. The van der Waals surface area contributed by atoms with E-state index in [0.717, 1.165) is 20.3 Å². The molecule has 6 atom stereocenters. The molecule has 94 heavy (non-hydrogen) atoms. The van der Waals surface area contributed by atoms with Crippen molar-refractivity contribution in [1.82, 2.24) is 29.4 Å². The van der Waals surface area contributed by atoms with Gasteiger partial charge in [0.2, 0.25) is 35.4 Å². The SMILES string of the molecule is C#CCN(CC(=O)N(CCOC)CC(=O)CC(CO)C(=O)CC(Cc1ccc(O)cc1)C(=O)CC(CO)C(=O)CC(CCSC)C(=O)CC(CCC(=O)O)C(C)=O)C(=O)CN(CCC)C(=O)CN(CC=C)C(=O)CN(CCOC)C(=O)CN(C(C)=O)C(C)c1ccccc1. The number of phenolic OH excluding ortho intramolecular Hbond substituents is 1. The summed E-state index contributed by atoms with van der Waals surface area (Å²) < 4.78 is 10.4. The lowest BCUT2D eigenvalue weighted by atomic mass is 9.80. The van der Waals surface area contributed by atoms with Gasteiger partial charge in [0.1, 0.15) is 54.3 Å². The normalized spacial score (nSPS) is 12.9. The zero-order valence-electron chi connectivity index (χ0n) is 55.4. The van der Waals surface area contributed by atoms with Crippen LogP contribution in [0.25, 0.3) is 0 Å². The molecule has 4 N–H and O–H groups in total. The standard InChI is InChI=1S/C68H96N6O19S/c1-10-25-69(63(85)41-70(26-11-2)65(87)43-73(29-31-93-8)67(89)44-74(49(6)78)47(4)51-16-14-13-15-17-51)40-64(86)71(27-12-3)42-66(88)72(28-30-92-7)39-58(80)34-55(45-75)62(84)37-54(33-50-18-21-57(79)22-19-50)60(82)38-56(46-76)61(83)36-53(24-32-94-9)59(81)35-52(48(5)77)20-23-68(90)91/h3,11,13-19,21-22,47,52-56,75-76,79H,2,10,20,23-46H2,1,4-9H3,(H,90,91). The van der Waals surface area contributed by atoms with Gasteiger partial charge in [0.05, 0.1) is 58.6 Å². The third kappa shape index (κ3) is 29.5. The Morgan fingerprint density at radius 1 is 0.606 bits per heavy atom. The number of thioether (sulfide) groups is 1. The summed E-state index contributed by atoms with van der Waals surface area (Å²) in [6.07, 6.45) is 6.50. The maximum atomic E-state index is 14.3. The third-order valence-electron chi connectivity index (χ3n) is 16.0. The summed E-state index contributed by atoms with van der Waals surface area (Å²) in [5, 5.41) is 40.2. The Bertz CT molecular complexity index is 2900. The highest BCUT2D eigenvalue weighted by Crippen LogP contribution is 2.27. The van der Waals surface area contributed by atoms with E-state index in [0.29, 0.717) is 17.7 Å². The number of carbonyl (C=O) groups excluding carboxylic acids is 12. The second-order valence-electron chi connectivity index (χ2n) is 23.2. The molecular weight excluding hydrogens is 1240 g/mol. The van der Waals surface area contributed by atoms with E-state index in [-0.39, 0.29) is 102 Å². The zero-order chi connectivity index (χ0) is 70.5. The number of ketones is 6. The minimum Gasteiger partial charge on any atom is -0.508 e. The molecule has 0 aromatic heterocycles. The molecule has 0 fully saturated rings. The van der Waals surface area contributed by atoms with Crippen LogP contribution in [0.3, 0.4) is 0 Å². The van der Waals surface area contributed by atoms with Gasteiger partial charge in [0, 0.05) is 115 Å². The fourth-order valence-electron chi connectivity index (χ4n) is 10.4. The van der Waals surface area contributed by atoms with E-state index in [2.05, 4.69) is 12.5 Å². The van der Waals surface area contributed by atoms with Crippen LogP contribution in [-0.4, -0.2) is 251 Å². The molecule has 25 nitrogen and oxygen atoms in total. The van der Waals surface area contributed by atoms with Gasteiger partial charge in [0.15, 0.2) is 5.78 Å². The van der Waals surface area contributed by atoms with Crippen LogP contribution >= 0.6 is 11.8 Å². The minimum absolute atomic E-state index is 0.0270. The average molecular weight is 1330 g/mol. The van der Waals surface area contributed by atoms with Crippen LogP contribution < -0.4 is 0 Å². The molecule has 0 aliphatic carbocycles. The molecule has 0 aliphatic heterocycles. The van der Waals surface area contributed by atoms with Gasteiger partial charge in [-0.3, -0.25) is 62.3 Å². The Balaban J connectivity index is 2.31. The second-order valence-corrected chi connectivity index (χ2v) is 24.1. The number of Topliss-reactive ketones (excluding diaryl/α,β-unsaturated/α-hetero) is 6. The van der Waals surface area contributed by atoms with Crippen molar-refractivity contribution in [1.29, 1.82) is 0 Å². The first-order valence-corrected chi connectivity index (χ1v) is 32.7. The molecule has 2 aromatic carbocycles. The van der Waals surface area contributed by atoms with Crippen LogP contribution in [0.1, 0.15) is 103 Å². The number of aliphatic hydroxyl groups is 2. The molecule has 2 rings (SSSR count). The number of terminal acetylenes is 1. The number of methoxy groups -OCH3 is 2. The lowest BCUT2D eigenvalue weighted by molar-refractivity contribution is -0.148. The number of aromatic hydroxyl groups is 1. The predicted molar refractivity (Wildman–Crippen MR) is 350 cm³/mol. The van der Waals surface area contributed by atoms with Crippen molar-refractivity contribution in [3.05, 3.63) is 78.4 Å². The van der Waals surface area contributed by atoms with Crippen LogP contribution in [0.15, 0.2) is 67.3 Å². The van der Waals surface area contributed by atoms with E-state index in [9.17, 15) is 82.8 Å². The van der Waals surface area contributed by atoms with Gasteiger partial charge in [-0.2, -0.15) is 11.8 Å². The van der Waals surface area contributed by atoms with Crippen molar-refractivity contribution in [2.75, 3.05) is 125 Å². The Morgan fingerprint density at radius 3 is 1.59 bits per heavy atom. The van der Waals surface area contributed by atoms with Gasteiger partial charge in [-0.15, -0.1) is 13.0 Å². The highest BCUT2D eigenvalue weighted by Gasteiger charge is 2.35. The number of phenols is 1. The van der Waals surface area contributed by atoms with E-state index in [1.807, 2.05) is 30.3 Å². The van der Waals surface area contributed by atoms with Gasteiger partial charge in [-0.05, 0) is 74.8 Å². The number of rotatable bonds is 50. The number of carboxylic acid groups (broad SMARTS) is 1. The first kappa shape index (κ1) is 82.1. The smallest absolute Gasteiger partial charge is 0.303 e. The molecule has 0 saturated carbocycles. The van der Waals surface area contributed by atoms with Crippen LogP contribution in [0.2, 0.25) is 0 Å². The zero-order valence-corrected chi connectivity index (χ0v) is 56.2. The Hall–Kier alpha value is -7.96. The molecule has 6 amide bonds. The molecule has 6 unspecified atom stereocenters. The monoisotopic (exact) mass is 1330 g/mol. The molecule has 0 spiro atoms. The number of benzene rings is 2. The maximum Gasteiger partial charge on any atom is 0.303 e. The van der Waals surface area contributed by atoms with Gasteiger partial charge in [-0.1, -0.05) is 61.4 Å². The number of carbonyl (C=O) groups is 13. The predicted octanol–water partition coefficient (Wildman–Crippen LogP) is 3.28. The molecule has 0 heterocycles. The van der Waals surface area contributed by atoms with Crippen molar-refractivity contribution in [2.45, 2.75) is 97.9 Å². The first-order valence-electron chi connectivity index (χ1n) is 31.3. The van der Waals surface area contributed by atoms with Crippen molar-refractivity contribution in [3.63, 3.8) is 0 Å². The fraction of sp³-hybridized carbons (Fsp3) is 0.574. The fourth-order valence-corrected chi connectivity index (χ4v) is 10.9. The third-order valence-corrected chi connectivity index (χ3v) is 16.7. The number of aliphatic carboxylic acids is 1. The van der Waals surface area contributed by atoms with Gasteiger partial charge < -0.3 is 59.3 Å².